The number of methoxy groups -OCH3 is 2. The highest BCUT2D eigenvalue weighted by atomic mass is 32.2. The Hall–Kier alpha value is -4.43. The molecule has 0 aliphatic carbocycles. The topological polar surface area (TPSA) is 116 Å². The largest absolute Gasteiger partial charge is 0.497 e. The van der Waals surface area contributed by atoms with Crippen LogP contribution in [-0.4, -0.2) is 70.7 Å². The van der Waals surface area contributed by atoms with E-state index in [1.807, 2.05) is 13.2 Å². The number of rotatable bonds is 9. The summed E-state index contributed by atoms with van der Waals surface area (Å²) in [5, 5.41) is 8.63. The van der Waals surface area contributed by atoms with Gasteiger partial charge in [0, 0.05) is 51.2 Å². The zero-order chi connectivity index (χ0) is 27.7. The van der Waals surface area contributed by atoms with Gasteiger partial charge in [0.15, 0.2) is 17.2 Å². The SMILES string of the molecule is COc1cc(OC)c(F)c(N(Cc2ccn(S(=O)N(C)C)n2)c2ccc3ncc(-c4cnn(C)c4)nc3n2)c1. The highest BCUT2D eigenvalue weighted by Crippen LogP contribution is 2.37. The Labute approximate surface area is 226 Å². The molecule has 0 saturated carbocycles. The van der Waals surface area contributed by atoms with Crippen molar-refractivity contribution in [3.8, 4) is 22.8 Å². The minimum atomic E-state index is -1.50. The lowest BCUT2D eigenvalue weighted by atomic mass is 10.2. The van der Waals surface area contributed by atoms with Crippen LogP contribution in [0.1, 0.15) is 5.69 Å². The van der Waals surface area contributed by atoms with Crippen molar-refractivity contribution in [1.82, 2.24) is 38.2 Å². The Balaban J connectivity index is 1.63. The van der Waals surface area contributed by atoms with E-state index in [9.17, 15) is 4.21 Å². The molecular formula is C25H26FN9O3S. The molecule has 14 heteroatoms. The molecule has 0 spiro atoms. The first kappa shape index (κ1) is 26.2. The molecule has 1 atom stereocenters. The summed E-state index contributed by atoms with van der Waals surface area (Å²) < 4.78 is 43.4. The van der Waals surface area contributed by atoms with Gasteiger partial charge in [-0.3, -0.25) is 9.67 Å². The van der Waals surface area contributed by atoms with Gasteiger partial charge >= 0.3 is 0 Å². The van der Waals surface area contributed by atoms with Gasteiger partial charge in [0.1, 0.15) is 17.1 Å². The number of hydrogen-bond acceptors (Lipinski definition) is 9. The monoisotopic (exact) mass is 551 g/mol. The molecule has 202 valence electrons. The minimum Gasteiger partial charge on any atom is -0.497 e. The predicted molar refractivity (Wildman–Crippen MR) is 144 cm³/mol. The second-order valence-corrected chi connectivity index (χ2v) is 10.2. The molecule has 4 heterocycles. The number of anilines is 2. The molecule has 0 fully saturated rings. The molecule has 1 unspecified atom stereocenters. The molecule has 4 aromatic heterocycles. The third-order valence-corrected chi connectivity index (χ3v) is 6.97. The van der Waals surface area contributed by atoms with Gasteiger partial charge in [-0.25, -0.2) is 22.9 Å². The van der Waals surface area contributed by atoms with Crippen molar-refractivity contribution in [2.75, 3.05) is 33.2 Å². The number of aryl methyl sites for hydroxylation is 1. The van der Waals surface area contributed by atoms with Crippen LogP contribution in [0.15, 0.2) is 55.1 Å². The van der Waals surface area contributed by atoms with Crippen molar-refractivity contribution in [2.45, 2.75) is 6.54 Å². The summed E-state index contributed by atoms with van der Waals surface area (Å²) in [6.45, 7) is 0.0963. The molecule has 1 aromatic carbocycles. The van der Waals surface area contributed by atoms with Crippen molar-refractivity contribution < 1.29 is 18.1 Å². The summed E-state index contributed by atoms with van der Waals surface area (Å²) in [6.07, 6.45) is 6.78. The number of ether oxygens (including phenoxy) is 2. The lowest BCUT2D eigenvalue weighted by Gasteiger charge is -2.25. The lowest BCUT2D eigenvalue weighted by molar-refractivity contribution is 0.374. The Morgan fingerprint density at radius 3 is 2.59 bits per heavy atom. The summed E-state index contributed by atoms with van der Waals surface area (Å²) in [4.78, 5) is 15.5. The van der Waals surface area contributed by atoms with Crippen LogP contribution in [0.4, 0.5) is 15.9 Å². The van der Waals surface area contributed by atoms with Gasteiger partial charge < -0.3 is 14.4 Å². The normalized spacial score (nSPS) is 12.2. The molecule has 5 rings (SSSR count). The number of aromatic nitrogens is 7. The molecule has 0 amide bonds. The summed E-state index contributed by atoms with van der Waals surface area (Å²) in [7, 11) is 8.05. The molecule has 0 saturated heterocycles. The summed E-state index contributed by atoms with van der Waals surface area (Å²) in [6, 6.07) is 8.22. The van der Waals surface area contributed by atoms with E-state index in [1.54, 1.807) is 66.5 Å². The maximum atomic E-state index is 15.7. The maximum absolute atomic E-state index is 15.7. The fourth-order valence-corrected chi connectivity index (χ4v) is 4.56. The molecule has 0 aliphatic rings. The van der Waals surface area contributed by atoms with Crippen LogP contribution in [0, 0.1) is 5.82 Å². The summed E-state index contributed by atoms with van der Waals surface area (Å²) in [5.74, 6) is 0.185. The first-order valence-corrected chi connectivity index (χ1v) is 12.8. The molecule has 12 nitrogen and oxygen atoms in total. The second kappa shape index (κ2) is 10.7. The first-order valence-electron chi connectivity index (χ1n) is 11.7. The standard InChI is InChI=1S/C25H26FN9O3S/c1-32(2)39(36)35-9-8-17(31-35)15-34(21-10-18(37-4)11-22(38-5)24(21)26)23-7-6-19-25(30-23)29-20(13-27-19)16-12-28-33(3)14-16/h6-14H,15H2,1-5H3. The highest BCUT2D eigenvalue weighted by molar-refractivity contribution is 7.80. The molecule has 0 bridgehead atoms. The second-order valence-electron chi connectivity index (χ2n) is 8.67. The van der Waals surface area contributed by atoms with E-state index in [0.717, 1.165) is 5.56 Å². The van der Waals surface area contributed by atoms with Crippen LogP contribution in [0.25, 0.3) is 22.4 Å². The van der Waals surface area contributed by atoms with Gasteiger partial charge in [-0.1, -0.05) is 0 Å². The molecular weight excluding hydrogens is 525 g/mol. The fraction of sp³-hybridized carbons (Fsp3) is 0.240. The Morgan fingerprint density at radius 2 is 1.90 bits per heavy atom. The first-order chi connectivity index (χ1) is 18.8. The zero-order valence-electron chi connectivity index (χ0n) is 21.9. The van der Waals surface area contributed by atoms with Crippen LogP contribution in [0.5, 0.6) is 11.5 Å². The number of pyridine rings is 1. The Bertz CT molecular complexity index is 1670. The van der Waals surface area contributed by atoms with E-state index in [0.29, 0.717) is 34.1 Å². The molecule has 0 radical (unpaired) electrons. The highest BCUT2D eigenvalue weighted by Gasteiger charge is 2.23. The van der Waals surface area contributed by atoms with Crippen LogP contribution in [-0.2, 0) is 24.8 Å². The molecule has 5 aromatic rings. The van der Waals surface area contributed by atoms with E-state index in [1.165, 1.54) is 28.7 Å². The quantitative estimate of drug-likeness (QED) is 0.272. The third kappa shape index (κ3) is 5.28. The molecule has 0 N–H and O–H groups in total. The van der Waals surface area contributed by atoms with Crippen molar-refractivity contribution in [3.05, 3.63) is 66.6 Å². The van der Waals surface area contributed by atoms with Gasteiger partial charge in [-0.05, 0) is 18.2 Å². The number of nitrogens with zero attached hydrogens (tertiary/aromatic N) is 9. The maximum Gasteiger partial charge on any atom is 0.219 e. The van der Waals surface area contributed by atoms with Crippen molar-refractivity contribution in [2.24, 2.45) is 7.05 Å². The van der Waals surface area contributed by atoms with Crippen molar-refractivity contribution >= 4 is 33.8 Å². The number of halogens is 1. The summed E-state index contributed by atoms with van der Waals surface area (Å²) >= 11 is -1.50. The average Bonchev–Trinajstić information content (AvgIpc) is 3.60. The summed E-state index contributed by atoms with van der Waals surface area (Å²) in [5.41, 5.74) is 3.01. The Morgan fingerprint density at radius 1 is 1.08 bits per heavy atom. The van der Waals surface area contributed by atoms with Gasteiger partial charge in [0.25, 0.3) is 0 Å². The van der Waals surface area contributed by atoms with E-state index in [-0.39, 0.29) is 18.0 Å². The van der Waals surface area contributed by atoms with Gasteiger partial charge in [-0.15, -0.1) is 0 Å². The van der Waals surface area contributed by atoms with Crippen LogP contribution in [0.3, 0.4) is 0 Å². The number of hydrogen-bond donors (Lipinski definition) is 0. The van der Waals surface area contributed by atoms with E-state index in [4.69, 9.17) is 14.5 Å². The third-order valence-electron chi connectivity index (χ3n) is 5.82. The lowest BCUT2D eigenvalue weighted by Crippen LogP contribution is -2.23. The molecule has 39 heavy (non-hydrogen) atoms. The van der Waals surface area contributed by atoms with Gasteiger partial charge in [-0.2, -0.15) is 14.3 Å². The van der Waals surface area contributed by atoms with E-state index in [2.05, 4.69) is 20.2 Å². The van der Waals surface area contributed by atoms with E-state index < -0.39 is 17.0 Å². The molecule has 0 aliphatic heterocycles. The fourth-order valence-electron chi connectivity index (χ4n) is 3.89. The smallest absolute Gasteiger partial charge is 0.219 e. The van der Waals surface area contributed by atoms with Crippen molar-refractivity contribution in [1.29, 1.82) is 0 Å². The average molecular weight is 552 g/mol. The van der Waals surface area contributed by atoms with Crippen molar-refractivity contribution in [3.63, 3.8) is 0 Å². The number of benzene rings is 1. The van der Waals surface area contributed by atoms with Crippen LogP contribution >= 0.6 is 0 Å². The Kier molecular flexibility index (Phi) is 7.21. The predicted octanol–water partition coefficient (Wildman–Crippen LogP) is 3.10. The van der Waals surface area contributed by atoms with E-state index >= 15 is 4.39 Å². The van der Waals surface area contributed by atoms with Crippen LogP contribution < -0.4 is 14.4 Å². The van der Waals surface area contributed by atoms with Gasteiger partial charge in [0.2, 0.25) is 11.2 Å². The van der Waals surface area contributed by atoms with Gasteiger partial charge in [0.05, 0.1) is 50.2 Å². The van der Waals surface area contributed by atoms with Crippen LogP contribution in [0.2, 0.25) is 0 Å². The minimum absolute atomic E-state index is 0.00744. The number of fused-ring (bicyclic) bond motifs is 1. The zero-order valence-corrected chi connectivity index (χ0v) is 22.8.